The number of hydrogen-bond donors (Lipinski definition) is 2. The smallest absolute Gasteiger partial charge is 0.159 e. The van der Waals surface area contributed by atoms with Crippen molar-refractivity contribution in [3.8, 4) is 0 Å². The standard InChI is InChI=1S/C14H20N2O2/c1-11(18)12-3-2-4-14(9-12)16-7-5-13(10-16)15-6-8-17/h2-4,9,13,15,17H,5-8,10H2,1H3. The van der Waals surface area contributed by atoms with Gasteiger partial charge in [0.25, 0.3) is 0 Å². The number of carbonyl (C=O) groups is 1. The molecule has 0 radical (unpaired) electrons. The highest BCUT2D eigenvalue weighted by molar-refractivity contribution is 5.95. The third-order valence-electron chi connectivity index (χ3n) is 3.35. The average molecular weight is 248 g/mol. The molecule has 2 N–H and O–H groups in total. The highest BCUT2D eigenvalue weighted by Gasteiger charge is 2.22. The van der Waals surface area contributed by atoms with Gasteiger partial charge in [-0.2, -0.15) is 0 Å². The first-order chi connectivity index (χ1) is 8.70. The lowest BCUT2D eigenvalue weighted by atomic mass is 10.1. The fraction of sp³-hybridized carbons (Fsp3) is 0.500. The van der Waals surface area contributed by atoms with Crippen LogP contribution in [0.2, 0.25) is 0 Å². The maximum Gasteiger partial charge on any atom is 0.159 e. The third-order valence-corrected chi connectivity index (χ3v) is 3.35. The molecule has 1 heterocycles. The number of carbonyl (C=O) groups excluding carboxylic acids is 1. The van der Waals surface area contributed by atoms with Gasteiger partial charge < -0.3 is 15.3 Å². The van der Waals surface area contributed by atoms with Gasteiger partial charge in [-0.25, -0.2) is 0 Å². The number of ketones is 1. The van der Waals surface area contributed by atoms with E-state index in [0.29, 0.717) is 12.6 Å². The highest BCUT2D eigenvalue weighted by atomic mass is 16.3. The van der Waals surface area contributed by atoms with Crippen molar-refractivity contribution in [2.45, 2.75) is 19.4 Å². The molecule has 2 rings (SSSR count). The van der Waals surface area contributed by atoms with E-state index in [1.54, 1.807) is 6.92 Å². The van der Waals surface area contributed by atoms with Gasteiger partial charge in [-0.05, 0) is 25.5 Å². The number of aliphatic hydroxyl groups excluding tert-OH is 1. The van der Waals surface area contributed by atoms with E-state index >= 15 is 0 Å². The van der Waals surface area contributed by atoms with Gasteiger partial charge in [0.05, 0.1) is 6.61 Å². The van der Waals surface area contributed by atoms with Gasteiger partial charge in [-0.1, -0.05) is 12.1 Å². The Morgan fingerprint density at radius 2 is 2.39 bits per heavy atom. The first-order valence-electron chi connectivity index (χ1n) is 6.41. The summed E-state index contributed by atoms with van der Waals surface area (Å²) in [5.74, 6) is 0.103. The molecule has 0 aromatic heterocycles. The zero-order chi connectivity index (χ0) is 13.0. The summed E-state index contributed by atoms with van der Waals surface area (Å²) in [5.41, 5.74) is 1.87. The molecule has 0 aliphatic carbocycles. The van der Waals surface area contributed by atoms with Crippen LogP contribution in [0.1, 0.15) is 23.7 Å². The van der Waals surface area contributed by atoms with Crippen LogP contribution in [0.3, 0.4) is 0 Å². The number of nitrogens with zero attached hydrogens (tertiary/aromatic N) is 1. The van der Waals surface area contributed by atoms with E-state index in [-0.39, 0.29) is 12.4 Å². The molecular formula is C14H20N2O2. The largest absolute Gasteiger partial charge is 0.395 e. The molecule has 1 saturated heterocycles. The molecule has 18 heavy (non-hydrogen) atoms. The molecule has 0 saturated carbocycles. The lowest BCUT2D eigenvalue weighted by molar-refractivity contribution is 0.101. The summed E-state index contributed by atoms with van der Waals surface area (Å²) < 4.78 is 0. The van der Waals surface area contributed by atoms with Crippen LogP contribution in [0.15, 0.2) is 24.3 Å². The first-order valence-corrected chi connectivity index (χ1v) is 6.41. The Kier molecular flexibility index (Phi) is 4.33. The monoisotopic (exact) mass is 248 g/mol. The van der Waals surface area contributed by atoms with Crippen molar-refractivity contribution < 1.29 is 9.90 Å². The van der Waals surface area contributed by atoms with Crippen molar-refractivity contribution in [1.29, 1.82) is 0 Å². The Hall–Kier alpha value is -1.39. The first kappa shape index (κ1) is 13.1. The van der Waals surface area contributed by atoms with E-state index in [9.17, 15) is 4.79 Å². The Balaban J connectivity index is 2.00. The summed E-state index contributed by atoms with van der Waals surface area (Å²) in [5, 5.41) is 12.1. The van der Waals surface area contributed by atoms with Crippen LogP contribution in [0, 0.1) is 0 Å². The minimum absolute atomic E-state index is 0.103. The van der Waals surface area contributed by atoms with Crippen LogP contribution < -0.4 is 10.2 Å². The number of rotatable bonds is 5. The zero-order valence-electron chi connectivity index (χ0n) is 10.7. The third kappa shape index (κ3) is 3.09. The lowest BCUT2D eigenvalue weighted by Gasteiger charge is -2.19. The number of aliphatic hydroxyl groups is 1. The molecule has 0 amide bonds. The fourth-order valence-corrected chi connectivity index (χ4v) is 2.35. The maximum atomic E-state index is 11.4. The Bertz CT molecular complexity index is 420. The van der Waals surface area contributed by atoms with Gasteiger partial charge in [0.15, 0.2) is 5.78 Å². The van der Waals surface area contributed by atoms with Gasteiger partial charge in [0.2, 0.25) is 0 Å². The van der Waals surface area contributed by atoms with E-state index in [0.717, 1.165) is 30.8 Å². The number of Topliss-reactive ketones (excluding diaryl/α,β-unsaturated/α-hetero) is 1. The Labute approximate surface area is 108 Å². The normalized spacial score (nSPS) is 19.2. The summed E-state index contributed by atoms with van der Waals surface area (Å²) in [6.07, 6.45) is 1.07. The lowest BCUT2D eigenvalue weighted by Crippen LogP contribution is -2.34. The quantitative estimate of drug-likeness (QED) is 0.765. The van der Waals surface area contributed by atoms with E-state index in [2.05, 4.69) is 10.2 Å². The summed E-state index contributed by atoms with van der Waals surface area (Å²) in [6, 6.07) is 8.21. The SMILES string of the molecule is CC(=O)c1cccc(N2CCC(NCCO)C2)c1. The second-order valence-electron chi connectivity index (χ2n) is 4.72. The summed E-state index contributed by atoms with van der Waals surface area (Å²) in [4.78, 5) is 13.6. The van der Waals surface area contributed by atoms with Crippen LogP contribution >= 0.6 is 0 Å². The van der Waals surface area contributed by atoms with Gasteiger partial charge >= 0.3 is 0 Å². The van der Waals surface area contributed by atoms with Gasteiger partial charge in [-0.3, -0.25) is 4.79 Å². The molecule has 1 atom stereocenters. The van der Waals surface area contributed by atoms with Crippen molar-refractivity contribution >= 4 is 11.5 Å². The molecule has 1 aromatic rings. The highest BCUT2D eigenvalue weighted by Crippen LogP contribution is 2.21. The molecule has 1 aromatic carbocycles. The Morgan fingerprint density at radius 1 is 1.56 bits per heavy atom. The van der Waals surface area contributed by atoms with Crippen LogP contribution in [-0.2, 0) is 0 Å². The number of hydrogen-bond acceptors (Lipinski definition) is 4. The minimum atomic E-state index is 0.103. The van der Waals surface area contributed by atoms with Crippen LogP contribution in [-0.4, -0.2) is 43.2 Å². The average Bonchev–Trinajstić information content (AvgIpc) is 2.85. The fourth-order valence-electron chi connectivity index (χ4n) is 2.35. The summed E-state index contributed by atoms with van der Waals surface area (Å²) in [7, 11) is 0. The van der Waals surface area contributed by atoms with Crippen LogP contribution in [0.4, 0.5) is 5.69 Å². The van der Waals surface area contributed by atoms with Crippen molar-refractivity contribution in [2.75, 3.05) is 31.1 Å². The van der Waals surface area contributed by atoms with E-state index in [4.69, 9.17) is 5.11 Å². The molecule has 0 bridgehead atoms. The second-order valence-corrected chi connectivity index (χ2v) is 4.72. The topological polar surface area (TPSA) is 52.6 Å². The predicted octanol–water partition coefficient (Wildman–Crippen LogP) is 1.05. The molecule has 1 aliphatic heterocycles. The summed E-state index contributed by atoms with van der Waals surface area (Å²) >= 11 is 0. The van der Waals surface area contributed by atoms with Crippen molar-refractivity contribution in [3.63, 3.8) is 0 Å². The Morgan fingerprint density at radius 3 is 3.11 bits per heavy atom. The van der Waals surface area contributed by atoms with Crippen LogP contribution in [0.25, 0.3) is 0 Å². The van der Waals surface area contributed by atoms with E-state index in [1.165, 1.54) is 0 Å². The molecule has 4 heteroatoms. The van der Waals surface area contributed by atoms with Crippen molar-refractivity contribution in [3.05, 3.63) is 29.8 Å². The molecular weight excluding hydrogens is 228 g/mol. The predicted molar refractivity (Wildman–Crippen MR) is 72.2 cm³/mol. The maximum absolute atomic E-state index is 11.4. The zero-order valence-corrected chi connectivity index (χ0v) is 10.7. The van der Waals surface area contributed by atoms with Gasteiger partial charge in [-0.15, -0.1) is 0 Å². The molecule has 1 fully saturated rings. The molecule has 1 aliphatic rings. The van der Waals surface area contributed by atoms with Crippen molar-refractivity contribution in [2.24, 2.45) is 0 Å². The van der Waals surface area contributed by atoms with E-state index in [1.807, 2.05) is 24.3 Å². The van der Waals surface area contributed by atoms with Gasteiger partial charge in [0, 0.05) is 36.9 Å². The number of benzene rings is 1. The summed E-state index contributed by atoms with van der Waals surface area (Å²) in [6.45, 7) is 4.34. The minimum Gasteiger partial charge on any atom is -0.395 e. The molecule has 0 spiro atoms. The molecule has 1 unspecified atom stereocenters. The molecule has 98 valence electrons. The number of nitrogens with one attached hydrogen (secondary N) is 1. The van der Waals surface area contributed by atoms with Crippen LogP contribution in [0.5, 0.6) is 0 Å². The number of anilines is 1. The van der Waals surface area contributed by atoms with Gasteiger partial charge in [0.1, 0.15) is 0 Å². The molecule has 4 nitrogen and oxygen atoms in total. The van der Waals surface area contributed by atoms with E-state index < -0.39 is 0 Å². The second kappa shape index (κ2) is 5.98. The van der Waals surface area contributed by atoms with Crippen molar-refractivity contribution in [1.82, 2.24) is 5.32 Å².